The van der Waals surface area contributed by atoms with Crippen LogP contribution in [0.25, 0.3) is 22.2 Å². The molecule has 0 saturated carbocycles. The number of esters is 1. The third-order valence-corrected chi connectivity index (χ3v) is 5.68. The van der Waals surface area contributed by atoms with Crippen LogP contribution < -0.4 is 14.8 Å². The normalized spacial score (nSPS) is 11.8. The smallest absolute Gasteiger partial charge is 0.339 e. The van der Waals surface area contributed by atoms with Crippen LogP contribution in [0.2, 0.25) is 0 Å². The van der Waals surface area contributed by atoms with Crippen molar-refractivity contribution < 1.29 is 23.8 Å². The minimum absolute atomic E-state index is 0.0614. The highest BCUT2D eigenvalue weighted by Crippen LogP contribution is 2.33. The van der Waals surface area contributed by atoms with E-state index in [1.807, 2.05) is 38.1 Å². The summed E-state index contributed by atoms with van der Waals surface area (Å²) in [5, 5.41) is 7.60. The second kappa shape index (κ2) is 10.5. The van der Waals surface area contributed by atoms with E-state index in [1.54, 1.807) is 55.4 Å². The number of hydrogen-bond donors (Lipinski definition) is 1. The summed E-state index contributed by atoms with van der Waals surface area (Å²) in [5.41, 5.74) is 2.21. The Labute approximate surface area is 209 Å². The van der Waals surface area contributed by atoms with E-state index in [9.17, 15) is 9.59 Å². The van der Waals surface area contributed by atoms with Gasteiger partial charge in [-0.15, -0.1) is 0 Å². The number of fused-ring (bicyclic) bond motifs is 1. The molecule has 2 aromatic heterocycles. The summed E-state index contributed by atoms with van der Waals surface area (Å²) in [6, 6.07) is 16.1. The predicted octanol–water partition coefficient (Wildman–Crippen LogP) is 4.88. The van der Waals surface area contributed by atoms with Crippen molar-refractivity contribution in [2.45, 2.75) is 32.9 Å². The van der Waals surface area contributed by atoms with E-state index in [2.05, 4.69) is 10.4 Å². The molecule has 36 heavy (non-hydrogen) atoms. The Morgan fingerprint density at radius 2 is 1.69 bits per heavy atom. The minimum atomic E-state index is -1.04. The van der Waals surface area contributed by atoms with Gasteiger partial charge in [0.2, 0.25) is 0 Å². The third kappa shape index (κ3) is 5.00. The average Bonchev–Trinajstić information content (AvgIpc) is 3.35. The Kier molecular flexibility index (Phi) is 7.19. The van der Waals surface area contributed by atoms with Crippen molar-refractivity contribution in [2.24, 2.45) is 0 Å². The zero-order valence-electron chi connectivity index (χ0n) is 20.8. The lowest BCUT2D eigenvalue weighted by atomic mass is 10.0. The summed E-state index contributed by atoms with van der Waals surface area (Å²) < 4.78 is 18.0. The van der Waals surface area contributed by atoms with E-state index >= 15 is 0 Å². The number of para-hydroxylation sites is 1. The van der Waals surface area contributed by atoms with Crippen molar-refractivity contribution in [3.8, 4) is 22.8 Å². The van der Waals surface area contributed by atoms with Crippen LogP contribution in [0.5, 0.6) is 11.5 Å². The Bertz CT molecular complexity index is 1410. The zero-order valence-corrected chi connectivity index (χ0v) is 20.8. The van der Waals surface area contributed by atoms with Crippen LogP contribution in [0.4, 0.5) is 5.82 Å². The fourth-order valence-electron chi connectivity index (χ4n) is 3.82. The van der Waals surface area contributed by atoms with Crippen molar-refractivity contribution in [1.82, 2.24) is 14.8 Å². The molecule has 4 aromatic rings. The molecule has 0 radical (unpaired) electrons. The van der Waals surface area contributed by atoms with Gasteiger partial charge in [0.1, 0.15) is 5.82 Å². The number of nitrogens with zero attached hydrogens (tertiary/aromatic N) is 3. The fourth-order valence-corrected chi connectivity index (χ4v) is 3.82. The molecule has 0 saturated heterocycles. The first-order chi connectivity index (χ1) is 17.3. The van der Waals surface area contributed by atoms with Crippen molar-refractivity contribution in [3.05, 3.63) is 66.4 Å². The number of methoxy groups -OCH3 is 2. The number of aromatic nitrogens is 3. The van der Waals surface area contributed by atoms with Gasteiger partial charge in [0.15, 0.2) is 17.6 Å². The highest BCUT2D eigenvalue weighted by Gasteiger charge is 2.23. The summed E-state index contributed by atoms with van der Waals surface area (Å²) in [7, 11) is 3.12. The van der Waals surface area contributed by atoms with Crippen molar-refractivity contribution in [3.63, 3.8) is 0 Å². The number of hydrogen-bond acceptors (Lipinski definition) is 7. The maximum atomic E-state index is 13.3. The van der Waals surface area contributed by atoms with E-state index < -0.39 is 18.0 Å². The Morgan fingerprint density at radius 3 is 2.42 bits per heavy atom. The monoisotopic (exact) mass is 488 g/mol. The highest BCUT2D eigenvalue weighted by molar-refractivity contribution is 6.06. The molecule has 0 spiro atoms. The number of pyridine rings is 1. The predicted molar refractivity (Wildman–Crippen MR) is 136 cm³/mol. The molecule has 0 aliphatic heterocycles. The molecular formula is C27H28N4O5. The van der Waals surface area contributed by atoms with Gasteiger partial charge in [-0.05, 0) is 51.1 Å². The average molecular weight is 489 g/mol. The van der Waals surface area contributed by atoms with Crippen molar-refractivity contribution >= 4 is 28.6 Å². The van der Waals surface area contributed by atoms with Crippen LogP contribution in [0.1, 0.15) is 37.2 Å². The second-order valence-electron chi connectivity index (χ2n) is 8.43. The lowest BCUT2D eigenvalue weighted by molar-refractivity contribution is -0.123. The van der Waals surface area contributed by atoms with Gasteiger partial charge in [0.05, 0.1) is 37.2 Å². The van der Waals surface area contributed by atoms with Crippen LogP contribution in [0.3, 0.4) is 0 Å². The summed E-state index contributed by atoms with van der Waals surface area (Å²) >= 11 is 0. The minimum Gasteiger partial charge on any atom is -0.493 e. The largest absolute Gasteiger partial charge is 0.493 e. The van der Waals surface area contributed by atoms with Gasteiger partial charge in [-0.2, -0.15) is 5.10 Å². The molecule has 1 unspecified atom stereocenters. The van der Waals surface area contributed by atoms with Crippen LogP contribution in [0.15, 0.2) is 60.8 Å². The van der Waals surface area contributed by atoms with Crippen LogP contribution in [0, 0.1) is 0 Å². The number of ether oxygens (including phenoxy) is 3. The SMILES string of the molecule is COc1ccc(-c2cc(C(=O)OC(C)C(=O)Nc3ccnn3C(C)C)c3ccccc3n2)cc1OC. The van der Waals surface area contributed by atoms with Gasteiger partial charge < -0.3 is 19.5 Å². The van der Waals surface area contributed by atoms with Gasteiger partial charge in [-0.1, -0.05) is 18.2 Å². The number of carbonyl (C=O) groups is 2. The van der Waals surface area contributed by atoms with Crippen LogP contribution in [-0.4, -0.2) is 47.0 Å². The van der Waals surface area contributed by atoms with Gasteiger partial charge in [0.25, 0.3) is 5.91 Å². The molecule has 0 fully saturated rings. The topological polar surface area (TPSA) is 105 Å². The van der Waals surface area contributed by atoms with Gasteiger partial charge in [-0.25, -0.2) is 14.5 Å². The number of anilines is 1. The maximum absolute atomic E-state index is 13.3. The number of benzene rings is 2. The first-order valence-electron chi connectivity index (χ1n) is 11.5. The molecule has 0 aliphatic rings. The lowest BCUT2D eigenvalue weighted by Crippen LogP contribution is -2.31. The first kappa shape index (κ1) is 24.7. The lowest BCUT2D eigenvalue weighted by Gasteiger charge is -2.17. The molecule has 0 aliphatic carbocycles. The molecule has 2 aromatic carbocycles. The zero-order chi connectivity index (χ0) is 25.8. The van der Waals surface area contributed by atoms with E-state index in [4.69, 9.17) is 19.2 Å². The van der Waals surface area contributed by atoms with Crippen LogP contribution in [-0.2, 0) is 9.53 Å². The molecule has 9 heteroatoms. The molecule has 4 rings (SSSR count). The Morgan fingerprint density at radius 1 is 0.944 bits per heavy atom. The van der Waals surface area contributed by atoms with Gasteiger partial charge in [0, 0.05) is 23.1 Å². The molecular weight excluding hydrogens is 460 g/mol. The van der Waals surface area contributed by atoms with Crippen LogP contribution >= 0.6 is 0 Å². The third-order valence-electron chi connectivity index (χ3n) is 5.68. The van der Waals surface area contributed by atoms with Gasteiger partial charge >= 0.3 is 5.97 Å². The second-order valence-corrected chi connectivity index (χ2v) is 8.43. The molecule has 9 nitrogen and oxygen atoms in total. The number of amides is 1. The van der Waals surface area contributed by atoms with E-state index in [0.29, 0.717) is 39.5 Å². The molecule has 186 valence electrons. The molecule has 1 amide bonds. The Hall–Kier alpha value is -4.40. The molecule has 1 N–H and O–H groups in total. The van der Waals surface area contributed by atoms with Gasteiger partial charge in [-0.3, -0.25) is 4.79 Å². The van der Waals surface area contributed by atoms with Crippen molar-refractivity contribution in [1.29, 1.82) is 0 Å². The maximum Gasteiger partial charge on any atom is 0.339 e. The fraction of sp³-hybridized carbons (Fsp3) is 0.259. The highest BCUT2D eigenvalue weighted by atomic mass is 16.5. The number of carbonyl (C=O) groups excluding carboxylic acids is 2. The van der Waals surface area contributed by atoms with Crippen molar-refractivity contribution in [2.75, 3.05) is 19.5 Å². The van der Waals surface area contributed by atoms with E-state index in [0.717, 1.165) is 5.56 Å². The number of nitrogens with one attached hydrogen (secondary N) is 1. The molecule has 0 bridgehead atoms. The Balaban J connectivity index is 1.63. The standard InChI is InChI=1S/C27H28N4O5/c1-16(2)31-25(12-13-28-31)30-26(32)17(3)36-27(33)20-15-22(29-21-9-7-6-8-19(20)21)18-10-11-23(34-4)24(14-18)35-5/h6-17H,1-5H3,(H,30,32). The summed E-state index contributed by atoms with van der Waals surface area (Å²) in [6.07, 6.45) is 0.565. The molecule has 2 heterocycles. The quantitative estimate of drug-likeness (QED) is 0.353. The van der Waals surface area contributed by atoms with E-state index in [1.165, 1.54) is 6.92 Å². The first-order valence-corrected chi connectivity index (χ1v) is 11.5. The summed E-state index contributed by atoms with van der Waals surface area (Å²) in [5.74, 6) is 0.572. The summed E-state index contributed by atoms with van der Waals surface area (Å²) in [6.45, 7) is 5.44. The molecule has 1 atom stereocenters. The number of rotatable bonds is 8. The summed E-state index contributed by atoms with van der Waals surface area (Å²) in [4.78, 5) is 30.8. The van der Waals surface area contributed by atoms with E-state index in [-0.39, 0.29) is 6.04 Å².